The number of Topliss-reactive ketones (excluding diaryl/α,β-unsaturated/α-hetero) is 1. The Bertz CT molecular complexity index is 1030. The Kier molecular flexibility index (Phi) is 8.39. The second kappa shape index (κ2) is 11.2. The largest absolute Gasteiger partial charge is 0.503 e. The Labute approximate surface area is 200 Å². The van der Waals surface area contributed by atoms with Crippen LogP contribution in [-0.4, -0.2) is 67.5 Å². The van der Waals surface area contributed by atoms with Gasteiger partial charge in [0.25, 0.3) is 5.91 Å². The minimum Gasteiger partial charge on any atom is -0.503 e. The maximum Gasteiger partial charge on any atom is 0.290 e. The number of hydrogen-bond acceptors (Lipinski definition) is 7. The highest BCUT2D eigenvalue weighted by molar-refractivity contribution is 6.15. The Morgan fingerprint density at radius 2 is 2.00 bits per heavy atom. The molecule has 1 amide bonds. The van der Waals surface area contributed by atoms with Crippen molar-refractivity contribution >= 4 is 11.7 Å². The van der Waals surface area contributed by atoms with Gasteiger partial charge in [0.05, 0.1) is 31.6 Å². The van der Waals surface area contributed by atoms with E-state index in [4.69, 9.17) is 13.9 Å². The zero-order chi connectivity index (χ0) is 24.8. The van der Waals surface area contributed by atoms with Gasteiger partial charge in [0.1, 0.15) is 0 Å². The van der Waals surface area contributed by atoms with Gasteiger partial charge in [-0.1, -0.05) is 19.9 Å². The Hall–Kier alpha value is -3.26. The Balaban J connectivity index is 1.98. The van der Waals surface area contributed by atoms with E-state index in [1.807, 2.05) is 19.0 Å². The SMILES string of the molecule is COc1cc([C@@H]2C(C(=O)c3ccco3)=C(O)C(=O)N2CCCN(C)C)ccc1OCCC(C)C. The third kappa shape index (κ3) is 5.62. The van der Waals surface area contributed by atoms with Gasteiger partial charge in [-0.25, -0.2) is 0 Å². The number of hydrogen-bond donors (Lipinski definition) is 1. The van der Waals surface area contributed by atoms with E-state index in [-0.39, 0.29) is 11.3 Å². The minimum atomic E-state index is -0.772. The minimum absolute atomic E-state index is 0.000308. The lowest BCUT2D eigenvalue weighted by Crippen LogP contribution is -2.33. The number of nitrogens with zero attached hydrogens (tertiary/aromatic N) is 2. The van der Waals surface area contributed by atoms with E-state index in [1.165, 1.54) is 17.2 Å². The fraction of sp³-hybridized carbons (Fsp3) is 0.462. The molecule has 0 radical (unpaired) electrons. The van der Waals surface area contributed by atoms with E-state index in [9.17, 15) is 14.7 Å². The summed E-state index contributed by atoms with van der Waals surface area (Å²) in [7, 11) is 5.45. The number of benzene rings is 1. The molecule has 1 N–H and O–H groups in total. The average Bonchev–Trinajstić information content (AvgIpc) is 3.41. The summed E-state index contributed by atoms with van der Waals surface area (Å²) in [6.45, 7) is 5.93. The molecule has 1 aliphatic rings. The second-order valence-corrected chi connectivity index (χ2v) is 9.07. The molecule has 184 valence electrons. The van der Waals surface area contributed by atoms with E-state index < -0.39 is 23.5 Å². The van der Waals surface area contributed by atoms with Crippen LogP contribution in [0.3, 0.4) is 0 Å². The predicted octanol–water partition coefficient (Wildman–Crippen LogP) is 4.24. The third-order valence-electron chi connectivity index (χ3n) is 5.75. The van der Waals surface area contributed by atoms with Crippen molar-refractivity contribution in [2.75, 3.05) is 40.9 Å². The van der Waals surface area contributed by atoms with E-state index >= 15 is 0 Å². The van der Waals surface area contributed by atoms with Gasteiger partial charge < -0.3 is 28.8 Å². The topological polar surface area (TPSA) is 92.5 Å². The fourth-order valence-electron chi connectivity index (χ4n) is 3.94. The number of methoxy groups -OCH3 is 1. The molecular formula is C26H34N2O6. The van der Waals surface area contributed by atoms with Crippen molar-refractivity contribution in [1.82, 2.24) is 9.80 Å². The quantitative estimate of drug-likeness (QED) is 0.464. The standard InChI is InChI=1S/C26H34N2O6/c1-17(2)11-15-34-19-10-9-18(16-21(19)32-5)23-22(24(29)20-8-6-14-33-20)25(30)26(31)28(23)13-7-12-27(3)4/h6,8-10,14,16-17,23,30H,7,11-13,15H2,1-5H3/t23-/m1/s1. The molecule has 0 saturated carbocycles. The van der Waals surface area contributed by atoms with Crippen LogP contribution >= 0.6 is 0 Å². The number of carbonyl (C=O) groups excluding carboxylic acids is 2. The van der Waals surface area contributed by atoms with Crippen LogP contribution in [0.15, 0.2) is 52.3 Å². The number of ether oxygens (including phenoxy) is 2. The molecule has 1 aliphatic heterocycles. The van der Waals surface area contributed by atoms with Crippen molar-refractivity contribution in [2.24, 2.45) is 5.92 Å². The molecule has 0 unspecified atom stereocenters. The predicted molar refractivity (Wildman–Crippen MR) is 128 cm³/mol. The second-order valence-electron chi connectivity index (χ2n) is 9.07. The van der Waals surface area contributed by atoms with Gasteiger partial charge in [0.2, 0.25) is 5.78 Å². The summed E-state index contributed by atoms with van der Waals surface area (Å²) in [4.78, 5) is 29.8. The highest BCUT2D eigenvalue weighted by atomic mass is 16.5. The number of aliphatic hydroxyl groups is 1. The third-order valence-corrected chi connectivity index (χ3v) is 5.75. The van der Waals surface area contributed by atoms with Gasteiger partial charge in [-0.05, 0) is 69.2 Å². The lowest BCUT2D eigenvalue weighted by molar-refractivity contribution is -0.129. The number of aliphatic hydroxyl groups excluding tert-OH is 1. The van der Waals surface area contributed by atoms with Crippen LogP contribution in [0.25, 0.3) is 0 Å². The summed E-state index contributed by atoms with van der Waals surface area (Å²) in [5.74, 6) is 0.0130. The van der Waals surface area contributed by atoms with Crippen LogP contribution in [0.5, 0.6) is 11.5 Å². The molecule has 34 heavy (non-hydrogen) atoms. The van der Waals surface area contributed by atoms with E-state index in [2.05, 4.69) is 13.8 Å². The molecule has 8 nitrogen and oxygen atoms in total. The highest BCUT2D eigenvalue weighted by Crippen LogP contribution is 2.41. The summed E-state index contributed by atoms with van der Waals surface area (Å²) in [6.07, 6.45) is 2.97. The number of carbonyl (C=O) groups is 2. The summed E-state index contributed by atoms with van der Waals surface area (Å²) >= 11 is 0. The first-order valence-electron chi connectivity index (χ1n) is 11.5. The van der Waals surface area contributed by atoms with Crippen LogP contribution in [-0.2, 0) is 4.79 Å². The summed E-state index contributed by atoms with van der Waals surface area (Å²) < 4.78 is 16.7. The van der Waals surface area contributed by atoms with Crippen molar-refractivity contribution in [2.45, 2.75) is 32.7 Å². The molecule has 2 heterocycles. The smallest absolute Gasteiger partial charge is 0.290 e. The van der Waals surface area contributed by atoms with Crippen molar-refractivity contribution in [1.29, 1.82) is 0 Å². The maximum absolute atomic E-state index is 13.2. The fourth-order valence-corrected chi connectivity index (χ4v) is 3.94. The average molecular weight is 471 g/mol. The normalized spacial score (nSPS) is 16.1. The van der Waals surface area contributed by atoms with E-state index in [0.29, 0.717) is 42.6 Å². The monoisotopic (exact) mass is 470 g/mol. The summed E-state index contributed by atoms with van der Waals surface area (Å²) in [6, 6.07) is 7.68. The zero-order valence-electron chi connectivity index (χ0n) is 20.5. The molecule has 8 heteroatoms. The molecule has 0 spiro atoms. The number of furan rings is 1. The van der Waals surface area contributed by atoms with Gasteiger partial charge in [-0.15, -0.1) is 0 Å². The van der Waals surface area contributed by atoms with Gasteiger partial charge in [0.15, 0.2) is 23.0 Å². The molecule has 2 aromatic rings. The van der Waals surface area contributed by atoms with E-state index in [1.54, 1.807) is 31.4 Å². The van der Waals surface area contributed by atoms with Crippen LogP contribution in [0.2, 0.25) is 0 Å². The van der Waals surface area contributed by atoms with Crippen molar-refractivity contribution in [3.63, 3.8) is 0 Å². The molecule has 0 bridgehead atoms. The molecular weight excluding hydrogens is 436 g/mol. The van der Waals surface area contributed by atoms with Crippen LogP contribution in [0.4, 0.5) is 0 Å². The van der Waals surface area contributed by atoms with Gasteiger partial charge in [-0.2, -0.15) is 0 Å². The number of rotatable bonds is 12. The first kappa shape index (κ1) is 25.4. The molecule has 1 aromatic heterocycles. The van der Waals surface area contributed by atoms with Crippen LogP contribution < -0.4 is 9.47 Å². The van der Waals surface area contributed by atoms with Gasteiger partial charge in [-0.3, -0.25) is 9.59 Å². The Morgan fingerprint density at radius 3 is 2.62 bits per heavy atom. The van der Waals surface area contributed by atoms with Crippen molar-refractivity contribution in [3.05, 3.63) is 59.3 Å². The molecule has 3 rings (SSSR count). The number of ketones is 1. The maximum atomic E-state index is 13.2. The lowest BCUT2D eigenvalue weighted by atomic mass is 9.94. The van der Waals surface area contributed by atoms with Gasteiger partial charge >= 0.3 is 0 Å². The zero-order valence-corrected chi connectivity index (χ0v) is 20.5. The molecule has 0 aliphatic carbocycles. The number of amides is 1. The van der Waals surface area contributed by atoms with Crippen molar-refractivity contribution in [3.8, 4) is 11.5 Å². The van der Waals surface area contributed by atoms with Gasteiger partial charge in [0, 0.05) is 6.54 Å². The molecule has 0 saturated heterocycles. The molecule has 1 atom stereocenters. The van der Waals surface area contributed by atoms with E-state index in [0.717, 1.165) is 13.0 Å². The summed E-state index contributed by atoms with van der Waals surface area (Å²) in [5.41, 5.74) is 0.644. The first-order chi connectivity index (χ1) is 16.2. The highest BCUT2D eigenvalue weighted by Gasteiger charge is 2.44. The summed E-state index contributed by atoms with van der Waals surface area (Å²) in [5, 5.41) is 10.7. The van der Waals surface area contributed by atoms with Crippen molar-refractivity contribution < 1.29 is 28.6 Å². The lowest BCUT2D eigenvalue weighted by Gasteiger charge is -2.27. The van der Waals surface area contributed by atoms with Crippen LogP contribution in [0, 0.1) is 5.92 Å². The molecule has 0 fully saturated rings. The van der Waals surface area contributed by atoms with Crippen LogP contribution in [0.1, 0.15) is 48.8 Å². The molecule has 1 aromatic carbocycles. The first-order valence-corrected chi connectivity index (χ1v) is 11.5. The Morgan fingerprint density at radius 1 is 1.24 bits per heavy atom.